The van der Waals surface area contributed by atoms with Gasteiger partial charge in [0, 0.05) is 50.3 Å². The topological polar surface area (TPSA) is 107 Å². The van der Waals surface area contributed by atoms with Gasteiger partial charge < -0.3 is 15.2 Å². The van der Waals surface area contributed by atoms with Gasteiger partial charge in [0.1, 0.15) is 17.2 Å². The molecule has 2 heterocycles. The van der Waals surface area contributed by atoms with Crippen molar-refractivity contribution in [3.05, 3.63) is 76.8 Å². The number of ether oxygens (including phenoxy) is 1. The summed E-state index contributed by atoms with van der Waals surface area (Å²) in [4.78, 5) is 30.3. The highest BCUT2D eigenvalue weighted by molar-refractivity contribution is 6.31. The van der Waals surface area contributed by atoms with E-state index in [-0.39, 0.29) is 41.7 Å². The van der Waals surface area contributed by atoms with Crippen molar-refractivity contribution in [3.63, 3.8) is 0 Å². The molecule has 0 saturated carbocycles. The number of aliphatic hydroxyl groups is 1. The standard InChI is InChI=1S/C26H24ClF4N5O4/c1-32-24(38)22-13-18(8-9-33-22)40-17-5-7-23(21(28)12-17)36-25(39)35(14-15(34-36)3-2-10-37)16-4-6-20(27)19(11-16)26(29,30)31/h4-9,11-13,15,34,37H,2-3,10,14H2,1H3,(H,32,38). The number of rotatable bonds is 8. The van der Waals surface area contributed by atoms with Crippen LogP contribution in [0, 0.1) is 5.82 Å². The van der Waals surface area contributed by atoms with Crippen molar-refractivity contribution in [1.29, 1.82) is 0 Å². The Labute approximate surface area is 231 Å². The molecule has 1 aromatic heterocycles. The Hall–Kier alpha value is -3.94. The first-order valence-electron chi connectivity index (χ1n) is 12.0. The van der Waals surface area contributed by atoms with Gasteiger partial charge in [0.25, 0.3) is 5.91 Å². The van der Waals surface area contributed by atoms with Gasteiger partial charge in [-0.1, -0.05) is 11.6 Å². The maximum Gasteiger partial charge on any atom is 0.417 e. The summed E-state index contributed by atoms with van der Waals surface area (Å²) in [6, 6.07) is 8.26. The van der Waals surface area contributed by atoms with Crippen LogP contribution < -0.4 is 25.4 Å². The number of urea groups is 1. The molecule has 0 aliphatic carbocycles. The molecule has 1 fully saturated rings. The van der Waals surface area contributed by atoms with E-state index in [0.29, 0.717) is 12.8 Å². The van der Waals surface area contributed by atoms with E-state index in [1.165, 1.54) is 43.6 Å². The quantitative estimate of drug-likeness (QED) is 0.318. The zero-order valence-corrected chi connectivity index (χ0v) is 21.8. The summed E-state index contributed by atoms with van der Waals surface area (Å²) in [7, 11) is 1.44. The number of anilines is 2. The predicted molar refractivity (Wildman–Crippen MR) is 139 cm³/mol. The first-order valence-corrected chi connectivity index (χ1v) is 12.4. The second kappa shape index (κ2) is 12.1. The second-order valence-electron chi connectivity index (χ2n) is 8.75. The summed E-state index contributed by atoms with van der Waals surface area (Å²) in [5, 5.41) is 12.1. The highest BCUT2D eigenvalue weighted by Crippen LogP contribution is 2.38. The van der Waals surface area contributed by atoms with Crippen molar-refractivity contribution in [3.8, 4) is 11.5 Å². The lowest BCUT2D eigenvalue weighted by molar-refractivity contribution is -0.137. The SMILES string of the molecule is CNC(=O)c1cc(Oc2ccc(N3NC(CCCO)CN(c4ccc(Cl)c(C(F)(F)F)c4)C3=O)c(F)c2)ccn1. The molecule has 212 valence electrons. The van der Waals surface area contributed by atoms with E-state index >= 15 is 4.39 Å². The molecule has 1 unspecified atom stereocenters. The summed E-state index contributed by atoms with van der Waals surface area (Å²) in [5.74, 6) is -1.04. The fourth-order valence-corrected chi connectivity index (χ4v) is 4.30. The van der Waals surface area contributed by atoms with Gasteiger partial charge in [0.15, 0.2) is 5.82 Å². The zero-order valence-electron chi connectivity index (χ0n) is 21.0. The van der Waals surface area contributed by atoms with E-state index in [2.05, 4.69) is 15.7 Å². The zero-order chi connectivity index (χ0) is 29.0. The van der Waals surface area contributed by atoms with Gasteiger partial charge in [-0.15, -0.1) is 0 Å². The lowest BCUT2D eigenvalue weighted by Gasteiger charge is -2.41. The Kier molecular flexibility index (Phi) is 8.76. The molecule has 14 heteroatoms. The van der Waals surface area contributed by atoms with E-state index < -0.39 is 40.6 Å². The number of nitrogens with zero attached hydrogens (tertiary/aromatic N) is 3. The molecule has 1 aliphatic heterocycles. The fraction of sp³-hybridized carbons (Fsp3) is 0.269. The van der Waals surface area contributed by atoms with Gasteiger partial charge in [-0.3, -0.25) is 14.7 Å². The molecule has 40 heavy (non-hydrogen) atoms. The maximum absolute atomic E-state index is 15.3. The molecule has 3 aromatic rings. The van der Waals surface area contributed by atoms with Crippen molar-refractivity contribution in [2.24, 2.45) is 0 Å². The van der Waals surface area contributed by atoms with Crippen LogP contribution >= 0.6 is 11.6 Å². The third-order valence-electron chi connectivity index (χ3n) is 6.00. The van der Waals surface area contributed by atoms with Crippen molar-refractivity contribution >= 4 is 34.9 Å². The van der Waals surface area contributed by atoms with Crippen molar-refractivity contribution in [2.75, 3.05) is 30.1 Å². The molecular formula is C26H24ClF4N5O4. The van der Waals surface area contributed by atoms with E-state index in [0.717, 1.165) is 28.1 Å². The molecule has 2 aromatic carbocycles. The Morgan fingerprint density at radius 1 is 1.20 bits per heavy atom. The molecule has 0 spiro atoms. The lowest BCUT2D eigenvalue weighted by atomic mass is 10.1. The van der Waals surface area contributed by atoms with Gasteiger partial charge in [0.2, 0.25) is 0 Å². The van der Waals surface area contributed by atoms with E-state index in [1.807, 2.05) is 0 Å². The molecule has 9 nitrogen and oxygen atoms in total. The Balaban J connectivity index is 1.63. The van der Waals surface area contributed by atoms with Crippen molar-refractivity contribution in [1.82, 2.24) is 15.7 Å². The smallest absolute Gasteiger partial charge is 0.417 e. The number of hydrazine groups is 1. The predicted octanol–water partition coefficient (Wildman–Crippen LogP) is 5.14. The minimum absolute atomic E-state index is 0.0349. The molecule has 0 bridgehead atoms. The molecule has 1 atom stereocenters. The summed E-state index contributed by atoms with van der Waals surface area (Å²) in [6.45, 7) is -0.185. The van der Waals surface area contributed by atoms with Crippen LogP contribution in [0.4, 0.5) is 33.7 Å². The number of alkyl halides is 3. The number of carbonyl (C=O) groups excluding carboxylic acids is 2. The van der Waals surface area contributed by atoms with Gasteiger partial charge in [-0.2, -0.15) is 13.2 Å². The molecule has 1 saturated heterocycles. The highest BCUT2D eigenvalue weighted by Gasteiger charge is 2.37. The summed E-state index contributed by atoms with van der Waals surface area (Å²) in [5.41, 5.74) is 1.59. The van der Waals surface area contributed by atoms with Crippen LogP contribution in [-0.2, 0) is 6.18 Å². The van der Waals surface area contributed by atoms with Gasteiger partial charge >= 0.3 is 12.2 Å². The number of hydrogen-bond donors (Lipinski definition) is 3. The summed E-state index contributed by atoms with van der Waals surface area (Å²) in [6.07, 6.45) is -2.72. The normalized spacial score (nSPS) is 15.8. The van der Waals surface area contributed by atoms with Crippen LogP contribution in [-0.4, -0.2) is 48.3 Å². The lowest BCUT2D eigenvalue weighted by Crippen LogP contribution is -2.63. The Morgan fingerprint density at radius 3 is 2.62 bits per heavy atom. The average molecular weight is 582 g/mol. The number of hydrogen-bond acceptors (Lipinski definition) is 6. The van der Waals surface area contributed by atoms with Crippen LogP contribution in [0.25, 0.3) is 0 Å². The number of pyridine rings is 1. The molecular weight excluding hydrogens is 558 g/mol. The first kappa shape index (κ1) is 29.1. The largest absolute Gasteiger partial charge is 0.457 e. The number of benzene rings is 2. The number of aliphatic hydroxyl groups excluding tert-OH is 1. The summed E-state index contributed by atoms with van der Waals surface area (Å²) >= 11 is 5.74. The van der Waals surface area contributed by atoms with Crippen LogP contribution in [0.15, 0.2) is 54.7 Å². The fourth-order valence-electron chi connectivity index (χ4n) is 4.07. The molecule has 4 rings (SSSR count). The van der Waals surface area contributed by atoms with Gasteiger partial charge in [-0.25, -0.2) is 19.6 Å². The number of aromatic nitrogens is 1. The first-order chi connectivity index (χ1) is 19.0. The minimum atomic E-state index is -4.75. The molecule has 3 N–H and O–H groups in total. The monoisotopic (exact) mass is 581 g/mol. The van der Waals surface area contributed by atoms with E-state index in [4.69, 9.17) is 16.3 Å². The third-order valence-corrected chi connectivity index (χ3v) is 6.33. The third kappa shape index (κ3) is 6.43. The van der Waals surface area contributed by atoms with E-state index in [1.54, 1.807) is 0 Å². The number of halogens is 5. The minimum Gasteiger partial charge on any atom is -0.457 e. The number of carbonyl (C=O) groups is 2. The molecule has 1 aliphatic rings. The Bertz CT molecular complexity index is 1410. The molecule has 3 amide bonds. The highest BCUT2D eigenvalue weighted by atomic mass is 35.5. The summed E-state index contributed by atoms with van der Waals surface area (Å²) < 4.78 is 61.4. The van der Waals surface area contributed by atoms with Crippen molar-refractivity contribution < 1.29 is 37.0 Å². The van der Waals surface area contributed by atoms with Gasteiger partial charge in [0.05, 0.1) is 16.3 Å². The van der Waals surface area contributed by atoms with Crippen LogP contribution in [0.3, 0.4) is 0 Å². The average Bonchev–Trinajstić information content (AvgIpc) is 2.92. The van der Waals surface area contributed by atoms with Crippen LogP contribution in [0.5, 0.6) is 11.5 Å². The Morgan fingerprint density at radius 2 is 1.95 bits per heavy atom. The number of amides is 3. The second-order valence-corrected chi connectivity index (χ2v) is 9.16. The van der Waals surface area contributed by atoms with Crippen LogP contribution in [0.2, 0.25) is 5.02 Å². The van der Waals surface area contributed by atoms with Crippen LogP contribution in [0.1, 0.15) is 28.9 Å². The molecule has 0 radical (unpaired) electrons. The van der Waals surface area contributed by atoms with E-state index in [9.17, 15) is 27.9 Å². The maximum atomic E-state index is 15.3. The van der Waals surface area contributed by atoms with Crippen molar-refractivity contribution in [2.45, 2.75) is 25.1 Å². The number of nitrogens with one attached hydrogen (secondary N) is 2. The van der Waals surface area contributed by atoms with Gasteiger partial charge in [-0.05, 0) is 49.2 Å².